The highest BCUT2D eigenvalue weighted by atomic mass is 35.5. The van der Waals surface area contributed by atoms with Crippen LogP contribution in [0.1, 0.15) is 19.3 Å². The molecule has 1 aromatic rings. The van der Waals surface area contributed by atoms with Crippen LogP contribution in [-0.4, -0.2) is 30.2 Å². The summed E-state index contributed by atoms with van der Waals surface area (Å²) in [6, 6.07) is 4.54. The Kier molecular flexibility index (Phi) is 4.46. The molecular formula is C12H12ClN3O4S. The van der Waals surface area contributed by atoms with Gasteiger partial charge in [0, 0.05) is 17.6 Å². The first-order chi connectivity index (χ1) is 9.87. The van der Waals surface area contributed by atoms with E-state index >= 15 is 0 Å². The van der Waals surface area contributed by atoms with Gasteiger partial charge in [-0.15, -0.1) is 0 Å². The first-order valence-corrected chi connectivity index (χ1v) is 8.05. The van der Waals surface area contributed by atoms with Crippen LogP contribution in [0.5, 0.6) is 0 Å². The van der Waals surface area contributed by atoms with Gasteiger partial charge in [0.05, 0.1) is 11.0 Å². The van der Waals surface area contributed by atoms with Crippen molar-refractivity contribution in [3.05, 3.63) is 33.3 Å². The molecular weight excluding hydrogens is 318 g/mol. The van der Waals surface area contributed by atoms with Gasteiger partial charge in [-0.25, -0.2) is 8.42 Å². The van der Waals surface area contributed by atoms with Crippen LogP contribution in [0.25, 0.3) is 0 Å². The maximum atomic E-state index is 12.6. The summed E-state index contributed by atoms with van der Waals surface area (Å²) in [4.78, 5) is 9.83. The molecule has 1 saturated heterocycles. The van der Waals surface area contributed by atoms with Gasteiger partial charge in [0.25, 0.3) is 15.7 Å². The highest BCUT2D eigenvalue weighted by molar-refractivity contribution is 7.89. The van der Waals surface area contributed by atoms with Crippen LogP contribution in [0.15, 0.2) is 23.1 Å². The Bertz CT molecular complexity index is 714. The number of nitrogens with zero attached hydrogens (tertiary/aromatic N) is 3. The first-order valence-electron chi connectivity index (χ1n) is 6.23. The molecule has 2 rings (SSSR count). The normalized spacial score (nSPS) is 19.9. The molecule has 9 heteroatoms. The predicted molar refractivity (Wildman–Crippen MR) is 75.3 cm³/mol. The van der Waals surface area contributed by atoms with E-state index in [1.54, 1.807) is 0 Å². The Morgan fingerprint density at radius 2 is 2.14 bits per heavy atom. The van der Waals surface area contributed by atoms with E-state index in [9.17, 15) is 18.5 Å². The molecule has 0 N–H and O–H groups in total. The molecule has 0 saturated carbocycles. The summed E-state index contributed by atoms with van der Waals surface area (Å²) < 4.78 is 26.3. The molecule has 0 amide bonds. The van der Waals surface area contributed by atoms with Gasteiger partial charge in [0.15, 0.2) is 4.90 Å². The third-order valence-corrected chi connectivity index (χ3v) is 5.50. The minimum Gasteiger partial charge on any atom is -0.258 e. The van der Waals surface area contributed by atoms with Crippen LogP contribution < -0.4 is 0 Å². The number of hydrogen-bond acceptors (Lipinski definition) is 5. The molecule has 7 nitrogen and oxygen atoms in total. The number of rotatable bonds is 3. The second-order valence-electron chi connectivity index (χ2n) is 4.63. The Hall–Kier alpha value is -1.69. The summed E-state index contributed by atoms with van der Waals surface area (Å²) in [5, 5.41) is 20.2. The molecule has 1 atom stereocenters. The fraction of sp³-hybridized carbons (Fsp3) is 0.417. The summed E-state index contributed by atoms with van der Waals surface area (Å²) in [5.74, 6) is 0. The number of nitro benzene ring substituents is 1. The Morgan fingerprint density at radius 3 is 2.76 bits per heavy atom. The smallest absolute Gasteiger partial charge is 0.258 e. The lowest BCUT2D eigenvalue weighted by atomic mass is 10.1. The van der Waals surface area contributed by atoms with E-state index in [1.165, 1.54) is 6.07 Å². The molecule has 0 spiro atoms. The van der Waals surface area contributed by atoms with E-state index < -0.39 is 31.6 Å². The summed E-state index contributed by atoms with van der Waals surface area (Å²) in [5.41, 5.74) is -0.579. The molecule has 1 aromatic carbocycles. The molecule has 1 unspecified atom stereocenters. The maximum Gasteiger partial charge on any atom is 0.290 e. The topological polar surface area (TPSA) is 104 Å². The molecule has 1 aliphatic rings. The van der Waals surface area contributed by atoms with Crippen LogP contribution in [0.3, 0.4) is 0 Å². The molecule has 0 aromatic heterocycles. The van der Waals surface area contributed by atoms with Crippen LogP contribution in [0, 0.1) is 21.4 Å². The van der Waals surface area contributed by atoms with Gasteiger partial charge in [-0.2, -0.15) is 9.57 Å². The van der Waals surface area contributed by atoms with Crippen molar-refractivity contribution in [1.29, 1.82) is 5.26 Å². The molecule has 0 radical (unpaired) electrons. The summed E-state index contributed by atoms with van der Waals surface area (Å²) >= 11 is 5.69. The largest absolute Gasteiger partial charge is 0.290 e. The van der Waals surface area contributed by atoms with E-state index in [4.69, 9.17) is 16.9 Å². The van der Waals surface area contributed by atoms with E-state index in [0.717, 1.165) is 22.9 Å². The minimum absolute atomic E-state index is 0.0797. The third kappa shape index (κ3) is 3.00. The maximum absolute atomic E-state index is 12.6. The monoisotopic (exact) mass is 329 g/mol. The van der Waals surface area contributed by atoms with Gasteiger partial charge in [-0.05, 0) is 31.4 Å². The number of sulfonamides is 1. The van der Waals surface area contributed by atoms with Crippen molar-refractivity contribution in [2.45, 2.75) is 30.2 Å². The Morgan fingerprint density at radius 1 is 1.43 bits per heavy atom. The average Bonchev–Trinajstić information content (AvgIpc) is 2.46. The number of nitro groups is 1. The van der Waals surface area contributed by atoms with Crippen LogP contribution in [0.2, 0.25) is 5.02 Å². The van der Waals surface area contributed by atoms with E-state index in [0.29, 0.717) is 12.8 Å². The van der Waals surface area contributed by atoms with E-state index in [2.05, 4.69) is 0 Å². The first kappa shape index (κ1) is 15.7. The molecule has 21 heavy (non-hydrogen) atoms. The molecule has 1 fully saturated rings. The van der Waals surface area contributed by atoms with Gasteiger partial charge < -0.3 is 0 Å². The van der Waals surface area contributed by atoms with Gasteiger partial charge in [-0.3, -0.25) is 10.1 Å². The van der Waals surface area contributed by atoms with Gasteiger partial charge in [0.2, 0.25) is 0 Å². The predicted octanol–water partition coefficient (Wildman–Crippen LogP) is 2.31. The van der Waals surface area contributed by atoms with Crippen LogP contribution in [0.4, 0.5) is 5.69 Å². The van der Waals surface area contributed by atoms with E-state index in [-0.39, 0.29) is 11.6 Å². The molecule has 0 bridgehead atoms. The third-order valence-electron chi connectivity index (χ3n) is 3.31. The van der Waals surface area contributed by atoms with Crippen molar-refractivity contribution in [2.24, 2.45) is 0 Å². The molecule has 112 valence electrons. The average molecular weight is 330 g/mol. The van der Waals surface area contributed by atoms with Crippen molar-refractivity contribution in [3.8, 4) is 6.07 Å². The lowest BCUT2D eigenvalue weighted by Crippen LogP contribution is -2.43. The van der Waals surface area contributed by atoms with Crippen molar-refractivity contribution in [3.63, 3.8) is 0 Å². The SMILES string of the molecule is N#CC1CCCCN1S(=O)(=O)c1ccc(Cl)cc1[N+](=O)[O-]. The summed E-state index contributed by atoms with van der Waals surface area (Å²) in [7, 11) is -4.11. The standard InChI is InChI=1S/C12H12ClN3O4S/c13-9-4-5-12(11(7-9)16(17)18)21(19,20)15-6-2-1-3-10(15)8-14/h4-5,7,10H,1-3,6H2. The van der Waals surface area contributed by atoms with Crippen molar-refractivity contribution in [2.75, 3.05) is 6.54 Å². The zero-order chi connectivity index (χ0) is 15.6. The number of halogens is 1. The van der Waals surface area contributed by atoms with Crippen molar-refractivity contribution in [1.82, 2.24) is 4.31 Å². The van der Waals surface area contributed by atoms with Crippen LogP contribution >= 0.6 is 11.6 Å². The van der Waals surface area contributed by atoms with Crippen LogP contribution in [-0.2, 0) is 10.0 Å². The number of hydrogen-bond donors (Lipinski definition) is 0. The fourth-order valence-corrected chi connectivity index (χ4v) is 4.21. The summed E-state index contributed by atoms with van der Waals surface area (Å²) in [6.07, 6.45) is 1.81. The van der Waals surface area contributed by atoms with Gasteiger partial charge in [0.1, 0.15) is 6.04 Å². The number of nitriles is 1. The quantitative estimate of drug-likeness (QED) is 0.625. The van der Waals surface area contributed by atoms with Crippen molar-refractivity contribution >= 4 is 27.3 Å². The fourth-order valence-electron chi connectivity index (χ4n) is 2.30. The molecule has 0 aliphatic carbocycles. The Labute approximate surface area is 126 Å². The second-order valence-corrected chi connectivity index (χ2v) is 6.92. The van der Waals surface area contributed by atoms with E-state index in [1.807, 2.05) is 6.07 Å². The molecule has 1 aliphatic heterocycles. The lowest BCUT2D eigenvalue weighted by molar-refractivity contribution is -0.387. The second kappa shape index (κ2) is 5.97. The number of benzene rings is 1. The summed E-state index contributed by atoms with van der Waals surface area (Å²) in [6.45, 7) is 0.181. The minimum atomic E-state index is -4.11. The van der Waals surface area contributed by atoms with Gasteiger partial charge >= 0.3 is 0 Å². The van der Waals surface area contributed by atoms with Gasteiger partial charge in [-0.1, -0.05) is 11.6 Å². The molecule has 1 heterocycles. The van der Waals surface area contributed by atoms with Crippen molar-refractivity contribution < 1.29 is 13.3 Å². The zero-order valence-electron chi connectivity index (χ0n) is 10.9. The lowest BCUT2D eigenvalue weighted by Gasteiger charge is -2.30. The Balaban J connectivity index is 2.54. The highest BCUT2D eigenvalue weighted by Crippen LogP contribution is 2.32. The highest BCUT2D eigenvalue weighted by Gasteiger charge is 2.37. The number of piperidine rings is 1. The zero-order valence-corrected chi connectivity index (χ0v) is 12.5.